The van der Waals surface area contributed by atoms with E-state index in [0.717, 1.165) is 12.1 Å². The van der Waals surface area contributed by atoms with Crippen molar-refractivity contribution in [2.45, 2.75) is 13.8 Å². The van der Waals surface area contributed by atoms with E-state index in [0.29, 0.717) is 0 Å². The Morgan fingerprint density at radius 1 is 1.14 bits per heavy atom. The van der Waals surface area contributed by atoms with Crippen molar-refractivity contribution >= 4 is 29.3 Å². The van der Waals surface area contributed by atoms with Crippen molar-refractivity contribution in [2.75, 3.05) is 13.2 Å². The van der Waals surface area contributed by atoms with Crippen LogP contribution in [0.3, 0.4) is 0 Å². The zero-order valence-electron chi connectivity index (χ0n) is 11.5. The van der Waals surface area contributed by atoms with Crippen molar-refractivity contribution in [3.8, 4) is 0 Å². The van der Waals surface area contributed by atoms with Gasteiger partial charge in [-0.25, -0.2) is 4.39 Å². The second kappa shape index (κ2) is 7.73. The SMILES string of the molecule is CCOC(=O)C(C(=O)OCC)C(=O)c1ccc(Cl)cc1F. The Morgan fingerprint density at radius 3 is 2.10 bits per heavy atom. The van der Waals surface area contributed by atoms with Gasteiger partial charge in [0.15, 0.2) is 5.78 Å². The van der Waals surface area contributed by atoms with E-state index in [9.17, 15) is 18.8 Å². The van der Waals surface area contributed by atoms with E-state index in [-0.39, 0.29) is 18.2 Å². The Kier molecular flexibility index (Phi) is 6.30. The summed E-state index contributed by atoms with van der Waals surface area (Å²) < 4.78 is 23.1. The first kappa shape index (κ1) is 17.1. The average molecular weight is 317 g/mol. The van der Waals surface area contributed by atoms with Gasteiger partial charge in [-0.3, -0.25) is 14.4 Å². The molecule has 21 heavy (non-hydrogen) atoms. The van der Waals surface area contributed by atoms with E-state index >= 15 is 0 Å². The van der Waals surface area contributed by atoms with Crippen molar-refractivity contribution in [3.63, 3.8) is 0 Å². The highest BCUT2D eigenvalue weighted by atomic mass is 35.5. The number of hydrogen-bond acceptors (Lipinski definition) is 5. The van der Waals surface area contributed by atoms with Gasteiger partial charge in [0, 0.05) is 5.02 Å². The van der Waals surface area contributed by atoms with Crippen molar-refractivity contribution in [1.82, 2.24) is 0 Å². The molecule has 0 bridgehead atoms. The van der Waals surface area contributed by atoms with Gasteiger partial charge in [0.1, 0.15) is 5.82 Å². The van der Waals surface area contributed by atoms with Crippen LogP contribution in [-0.2, 0) is 19.1 Å². The Balaban J connectivity index is 3.15. The van der Waals surface area contributed by atoms with Crippen molar-refractivity contribution in [3.05, 3.63) is 34.6 Å². The largest absolute Gasteiger partial charge is 0.465 e. The zero-order valence-corrected chi connectivity index (χ0v) is 12.3. The minimum absolute atomic E-state index is 0.0227. The summed E-state index contributed by atoms with van der Waals surface area (Å²) in [6.45, 7) is 3.00. The fourth-order valence-corrected chi connectivity index (χ4v) is 1.77. The summed E-state index contributed by atoms with van der Waals surface area (Å²) in [6, 6.07) is 3.30. The Bertz CT molecular complexity index is 540. The second-order valence-corrected chi connectivity index (χ2v) is 4.36. The van der Waals surface area contributed by atoms with Gasteiger partial charge in [0.25, 0.3) is 0 Å². The van der Waals surface area contributed by atoms with Crippen LogP contribution in [0, 0.1) is 11.7 Å². The lowest BCUT2D eigenvalue weighted by atomic mass is 9.97. The molecule has 0 aliphatic rings. The van der Waals surface area contributed by atoms with Crippen LogP contribution >= 0.6 is 11.6 Å². The molecule has 1 aromatic carbocycles. The molecule has 0 aliphatic heterocycles. The number of ether oxygens (including phenoxy) is 2. The Hall–Kier alpha value is -1.95. The molecule has 1 rings (SSSR count). The molecular formula is C14H14ClFO5. The predicted octanol–water partition coefficient (Wildman–Crippen LogP) is 2.40. The minimum Gasteiger partial charge on any atom is -0.465 e. The maximum absolute atomic E-state index is 13.8. The summed E-state index contributed by atoms with van der Waals surface area (Å²) in [5, 5.41) is 0.0906. The van der Waals surface area contributed by atoms with Gasteiger partial charge in [-0.15, -0.1) is 0 Å². The van der Waals surface area contributed by atoms with Gasteiger partial charge in [-0.2, -0.15) is 0 Å². The summed E-state index contributed by atoms with van der Waals surface area (Å²) >= 11 is 5.59. The number of carbonyl (C=O) groups is 3. The monoisotopic (exact) mass is 316 g/mol. The molecule has 5 nitrogen and oxygen atoms in total. The summed E-state index contributed by atoms with van der Waals surface area (Å²) in [7, 11) is 0. The van der Waals surface area contributed by atoms with E-state index in [2.05, 4.69) is 9.47 Å². The number of hydrogen-bond donors (Lipinski definition) is 0. The second-order valence-electron chi connectivity index (χ2n) is 3.93. The maximum atomic E-state index is 13.8. The van der Waals surface area contributed by atoms with Crippen LogP contribution in [0.15, 0.2) is 18.2 Å². The number of carbonyl (C=O) groups excluding carboxylic acids is 3. The van der Waals surface area contributed by atoms with E-state index in [1.54, 1.807) is 0 Å². The quantitative estimate of drug-likeness (QED) is 0.458. The molecule has 0 aliphatic carbocycles. The molecule has 1 aromatic rings. The Morgan fingerprint density at radius 2 is 1.67 bits per heavy atom. The Labute approximate surface area is 126 Å². The van der Waals surface area contributed by atoms with Crippen LogP contribution in [0.25, 0.3) is 0 Å². The van der Waals surface area contributed by atoms with Crippen molar-refractivity contribution in [2.24, 2.45) is 5.92 Å². The van der Waals surface area contributed by atoms with Gasteiger partial charge in [-0.05, 0) is 32.0 Å². The third-order valence-electron chi connectivity index (χ3n) is 2.50. The molecule has 0 saturated carbocycles. The number of halogens is 2. The molecule has 114 valence electrons. The highest BCUT2D eigenvalue weighted by Gasteiger charge is 2.38. The number of esters is 2. The number of rotatable bonds is 6. The summed E-state index contributed by atoms with van der Waals surface area (Å²) in [6.07, 6.45) is 0. The summed E-state index contributed by atoms with van der Waals surface area (Å²) in [5.74, 6) is -5.95. The molecule has 0 heterocycles. The standard InChI is InChI=1S/C14H14ClFO5/c1-3-20-13(18)11(14(19)21-4-2)12(17)9-6-5-8(15)7-10(9)16/h5-7,11H,3-4H2,1-2H3. The third-order valence-corrected chi connectivity index (χ3v) is 2.74. The highest BCUT2D eigenvalue weighted by Crippen LogP contribution is 2.19. The van der Waals surface area contributed by atoms with Gasteiger partial charge in [-0.1, -0.05) is 11.6 Å². The number of Topliss-reactive ketones (excluding diaryl/α,β-unsaturated/α-hetero) is 1. The zero-order chi connectivity index (χ0) is 16.0. The molecule has 0 fully saturated rings. The first-order valence-electron chi connectivity index (χ1n) is 6.24. The van der Waals surface area contributed by atoms with E-state index in [1.807, 2.05) is 0 Å². The molecule has 7 heteroatoms. The van der Waals surface area contributed by atoms with Crippen molar-refractivity contribution in [1.29, 1.82) is 0 Å². The van der Waals surface area contributed by atoms with Crippen molar-refractivity contribution < 1.29 is 28.2 Å². The van der Waals surface area contributed by atoms with Crippen LogP contribution in [0.5, 0.6) is 0 Å². The predicted molar refractivity (Wildman–Crippen MR) is 72.5 cm³/mol. The van der Waals surface area contributed by atoms with E-state index in [4.69, 9.17) is 11.6 Å². The van der Waals surface area contributed by atoms with Crippen LogP contribution in [-0.4, -0.2) is 30.9 Å². The molecule has 0 aromatic heterocycles. The number of ketones is 1. The molecule has 0 N–H and O–H groups in total. The van der Waals surface area contributed by atoms with Gasteiger partial charge < -0.3 is 9.47 Å². The van der Waals surface area contributed by atoms with E-state index in [1.165, 1.54) is 19.9 Å². The topological polar surface area (TPSA) is 69.7 Å². The third kappa shape index (κ3) is 4.26. The first-order chi connectivity index (χ1) is 9.92. The van der Waals surface area contributed by atoms with Crippen LogP contribution in [0.4, 0.5) is 4.39 Å². The van der Waals surface area contributed by atoms with Gasteiger partial charge in [0.2, 0.25) is 5.92 Å². The number of benzene rings is 1. The van der Waals surface area contributed by atoms with Crippen LogP contribution in [0.2, 0.25) is 5.02 Å². The maximum Gasteiger partial charge on any atom is 0.328 e. The van der Waals surface area contributed by atoms with Crippen LogP contribution in [0.1, 0.15) is 24.2 Å². The highest BCUT2D eigenvalue weighted by molar-refractivity contribution is 6.30. The van der Waals surface area contributed by atoms with Gasteiger partial charge in [0.05, 0.1) is 18.8 Å². The molecule has 0 radical (unpaired) electrons. The molecule has 0 atom stereocenters. The molecule has 0 spiro atoms. The summed E-state index contributed by atoms with van der Waals surface area (Å²) in [4.78, 5) is 35.7. The summed E-state index contributed by atoms with van der Waals surface area (Å²) in [5.41, 5.74) is -0.425. The fourth-order valence-electron chi connectivity index (χ4n) is 1.61. The van der Waals surface area contributed by atoms with Gasteiger partial charge >= 0.3 is 11.9 Å². The van der Waals surface area contributed by atoms with E-state index < -0.39 is 35.0 Å². The fraction of sp³-hybridized carbons (Fsp3) is 0.357. The first-order valence-corrected chi connectivity index (χ1v) is 6.62. The lowest BCUT2D eigenvalue weighted by molar-refractivity contribution is -0.158. The molecule has 0 amide bonds. The molecular weight excluding hydrogens is 303 g/mol. The van der Waals surface area contributed by atoms with Crippen LogP contribution < -0.4 is 0 Å². The normalized spacial score (nSPS) is 10.3. The minimum atomic E-state index is -1.85. The smallest absolute Gasteiger partial charge is 0.328 e. The lowest BCUT2D eigenvalue weighted by Crippen LogP contribution is -2.35. The molecule has 0 unspecified atom stereocenters. The lowest BCUT2D eigenvalue weighted by Gasteiger charge is -2.13. The molecule has 0 saturated heterocycles. The average Bonchev–Trinajstić information content (AvgIpc) is 2.39.